The summed E-state index contributed by atoms with van der Waals surface area (Å²) in [5.41, 5.74) is 1.34. The van der Waals surface area contributed by atoms with E-state index in [9.17, 15) is 0 Å². The Hall–Kier alpha value is -0.380. The average Bonchev–Trinajstić information content (AvgIpc) is 2.35. The molecule has 1 atom stereocenters. The number of hydrogen-bond donors (Lipinski definition) is 1. The Morgan fingerprint density at radius 3 is 2.88 bits per heavy atom. The standard InChI is InChI=1S/C14H20BrNO/c15-14-7-2-1-5-12(14)11-16-9-4-3-6-13(16)8-10-17/h1-2,5,7,13,17H,3-4,6,8-11H2. The molecule has 0 saturated carbocycles. The SMILES string of the molecule is OCCC1CCCCN1Cc1ccccc1Br. The Bertz CT molecular complexity index is 354. The molecule has 3 heteroatoms. The van der Waals surface area contributed by atoms with Crippen molar-refractivity contribution in [1.29, 1.82) is 0 Å². The molecule has 0 radical (unpaired) electrons. The van der Waals surface area contributed by atoms with Crippen LogP contribution < -0.4 is 0 Å². The molecule has 1 aliphatic heterocycles. The Kier molecular flexibility index (Phi) is 5.01. The van der Waals surface area contributed by atoms with Gasteiger partial charge in [-0.15, -0.1) is 0 Å². The third-order valence-electron chi connectivity index (χ3n) is 3.54. The molecule has 1 N–H and O–H groups in total. The first kappa shape index (κ1) is 13.1. The van der Waals surface area contributed by atoms with E-state index in [0.717, 1.165) is 19.5 Å². The number of piperidine rings is 1. The van der Waals surface area contributed by atoms with Crippen molar-refractivity contribution in [3.05, 3.63) is 34.3 Å². The molecule has 1 fully saturated rings. The second kappa shape index (κ2) is 6.53. The molecule has 1 aliphatic rings. The first-order valence-electron chi connectivity index (χ1n) is 6.39. The minimum atomic E-state index is 0.303. The summed E-state index contributed by atoms with van der Waals surface area (Å²) in [5.74, 6) is 0. The topological polar surface area (TPSA) is 23.5 Å². The van der Waals surface area contributed by atoms with Gasteiger partial charge in [-0.05, 0) is 37.4 Å². The number of benzene rings is 1. The number of aliphatic hydroxyl groups excluding tert-OH is 1. The van der Waals surface area contributed by atoms with Gasteiger partial charge < -0.3 is 5.11 Å². The van der Waals surface area contributed by atoms with Crippen LogP contribution in [0.3, 0.4) is 0 Å². The summed E-state index contributed by atoms with van der Waals surface area (Å²) in [6.07, 6.45) is 4.72. The van der Waals surface area contributed by atoms with E-state index in [2.05, 4.69) is 45.1 Å². The zero-order valence-corrected chi connectivity index (χ0v) is 11.7. The number of hydrogen-bond acceptors (Lipinski definition) is 2. The van der Waals surface area contributed by atoms with Crippen LogP contribution in [0.2, 0.25) is 0 Å². The summed E-state index contributed by atoms with van der Waals surface area (Å²) >= 11 is 3.61. The number of likely N-dealkylation sites (tertiary alicyclic amines) is 1. The largest absolute Gasteiger partial charge is 0.396 e. The van der Waals surface area contributed by atoms with Gasteiger partial charge in [0.25, 0.3) is 0 Å². The Balaban J connectivity index is 2.03. The van der Waals surface area contributed by atoms with Crippen LogP contribution in [-0.4, -0.2) is 29.2 Å². The minimum absolute atomic E-state index is 0.303. The fourth-order valence-electron chi connectivity index (χ4n) is 2.59. The molecular weight excluding hydrogens is 278 g/mol. The van der Waals surface area contributed by atoms with Crippen molar-refractivity contribution in [3.63, 3.8) is 0 Å². The Morgan fingerprint density at radius 2 is 2.12 bits per heavy atom. The van der Waals surface area contributed by atoms with E-state index in [4.69, 9.17) is 5.11 Å². The summed E-state index contributed by atoms with van der Waals surface area (Å²) < 4.78 is 1.19. The Morgan fingerprint density at radius 1 is 1.29 bits per heavy atom. The zero-order valence-electron chi connectivity index (χ0n) is 10.1. The fraction of sp³-hybridized carbons (Fsp3) is 0.571. The molecule has 94 valence electrons. The van der Waals surface area contributed by atoms with Crippen molar-refractivity contribution >= 4 is 15.9 Å². The molecule has 0 aliphatic carbocycles. The van der Waals surface area contributed by atoms with E-state index in [1.165, 1.54) is 29.3 Å². The monoisotopic (exact) mass is 297 g/mol. The van der Waals surface area contributed by atoms with Crippen LogP contribution in [-0.2, 0) is 6.54 Å². The van der Waals surface area contributed by atoms with E-state index < -0.39 is 0 Å². The van der Waals surface area contributed by atoms with E-state index in [1.54, 1.807) is 0 Å². The lowest BCUT2D eigenvalue weighted by atomic mass is 9.99. The van der Waals surface area contributed by atoms with Gasteiger partial charge in [-0.2, -0.15) is 0 Å². The summed E-state index contributed by atoms with van der Waals surface area (Å²) in [7, 11) is 0. The zero-order chi connectivity index (χ0) is 12.1. The van der Waals surface area contributed by atoms with Crippen LogP contribution in [0.25, 0.3) is 0 Å². The number of nitrogens with zero attached hydrogens (tertiary/aromatic N) is 1. The Labute approximate surface area is 112 Å². The maximum Gasteiger partial charge on any atom is 0.0445 e. The van der Waals surface area contributed by atoms with E-state index in [-0.39, 0.29) is 0 Å². The molecule has 1 heterocycles. The third-order valence-corrected chi connectivity index (χ3v) is 4.32. The molecule has 0 amide bonds. The van der Waals surface area contributed by atoms with Crippen LogP contribution in [0.15, 0.2) is 28.7 Å². The lowest BCUT2D eigenvalue weighted by molar-refractivity contribution is 0.112. The maximum atomic E-state index is 9.12. The van der Waals surface area contributed by atoms with Gasteiger partial charge >= 0.3 is 0 Å². The summed E-state index contributed by atoms with van der Waals surface area (Å²) in [5, 5.41) is 9.12. The van der Waals surface area contributed by atoms with Crippen LogP contribution in [0.1, 0.15) is 31.2 Å². The highest BCUT2D eigenvalue weighted by molar-refractivity contribution is 9.10. The molecule has 1 aromatic carbocycles. The molecule has 1 aromatic rings. The van der Waals surface area contributed by atoms with E-state index >= 15 is 0 Å². The number of rotatable bonds is 4. The van der Waals surface area contributed by atoms with Gasteiger partial charge in [0, 0.05) is 23.7 Å². The van der Waals surface area contributed by atoms with Crippen LogP contribution in [0.4, 0.5) is 0 Å². The van der Waals surface area contributed by atoms with E-state index in [0.29, 0.717) is 12.6 Å². The van der Waals surface area contributed by atoms with Crippen LogP contribution >= 0.6 is 15.9 Å². The van der Waals surface area contributed by atoms with E-state index in [1.807, 2.05) is 0 Å². The molecule has 0 spiro atoms. The molecular formula is C14H20BrNO. The molecule has 1 unspecified atom stereocenters. The lowest BCUT2D eigenvalue weighted by Gasteiger charge is -2.35. The summed E-state index contributed by atoms with van der Waals surface area (Å²) in [6.45, 7) is 2.45. The highest BCUT2D eigenvalue weighted by Gasteiger charge is 2.22. The quantitative estimate of drug-likeness (QED) is 0.923. The molecule has 0 bridgehead atoms. The van der Waals surface area contributed by atoms with Crippen molar-refractivity contribution in [1.82, 2.24) is 4.90 Å². The van der Waals surface area contributed by atoms with Crippen molar-refractivity contribution in [2.45, 2.75) is 38.3 Å². The molecule has 2 nitrogen and oxygen atoms in total. The van der Waals surface area contributed by atoms with Crippen LogP contribution in [0.5, 0.6) is 0 Å². The average molecular weight is 298 g/mol. The minimum Gasteiger partial charge on any atom is -0.396 e. The van der Waals surface area contributed by atoms with Crippen molar-refractivity contribution in [2.75, 3.05) is 13.2 Å². The molecule has 17 heavy (non-hydrogen) atoms. The highest BCUT2D eigenvalue weighted by atomic mass is 79.9. The first-order chi connectivity index (χ1) is 8.31. The number of halogens is 1. The van der Waals surface area contributed by atoms with Crippen molar-refractivity contribution < 1.29 is 5.11 Å². The molecule has 2 rings (SSSR count). The van der Waals surface area contributed by atoms with Crippen LogP contribution in [0, 0.1) is 0 Å². The normalized spacial score (nSPS) is 21.6. The van der Waals surface area contributed by atoms with Crippen molar-refractivity contribution in [2.24, 2.45) is 0 Å². The van der Waals surface area contributed by atoms with Gasteiger partial charge in [-0.3, -0.25) is 4.90 Å². The lowest BCUT2D eigenvalue weighted by Crippen LogP contribution is -2.39. The van der Waals surface area contributed by atoms with Gasteiger partial charge in [-0.25, -0.2) is 0 Å². The van der Waals surface area contributed by atoms with Gasteiger partial charge in [0.1, 0.15) is 0 Å². The molecule has 0 aromatic heterocycles. The smallest absolute Gasteiger partial charge is 0.0445 e. The molecule has 1 saturated heterocycles. The maximum absolute atomic E-state index is 9.12. The third kappa shape index (κ3) is 3.54. The van der Waals surface area contributed by atoms with Crippen molar-refractivity contribution in [3.8, 4) is 0 Å². The van der Waals surface area contributed by atoms with Gasteiger partial charge in [0.2, 0.25) is 0 Å². The summed E-state index contributed by atoms with van der Waals surface area (Å²) in [6, 6.07) is 8.97. The second-order valence-electron chi connectivity index (χ2n) is 4.72. The predicted molar refractivity (Wildman–Crippen MR) is 73.9 cm³/mol. The van der Waals surface area contributed by atoms with Gasteiger partial charge in [0.15, 0.2) is 0 Å². The van der Waals surface area contributed by atoms with Gasteiger partial charge in [-0.1, -0.05) is 40.5 Å². The fourth-order valence-corrected chi connectivity index (χ4v) is 3.00. The highest BCUT2D eigenvalue weighted by Crippen LogP contribution is 2.24. The number of aliphatic hydroxyl groups is 1. The summed E-state index contributed by atoms with van der Waals surface area (Å²) in [4.78, 5) is 2.51. The first-order valence-corrected chi connectivity index (χ1v) is 7.19. The predicted octanol–water partition coefficient (Wildman–Crippen LogP) is 3.19. The van der Waals surface area contributed by atoms with Gasteiger partial charge in [0.05, 0.1) is 0 Å². The second-order valence-corrected chi connectivity index (χ2v) is 5.58.